The van der Waals surface area contributed by atoms with E-state index in [1.165, 1.54) is 5.56 Å². The van der Waals surface area contributed by atoms with Crippen LogP contribution in [0.5, 0.6) is 0 Å². The number of imidazole rings is 1. The Balaban J connectivity index is 1.05. The standard InChI is InChI=1S/C40H33N5O2/c46-39(30-11-5-2-6-12-30)31-19-20-33-35(25-31)42-38(37(41-33)28-9-3-1-4-10-28)29-17-15-27(16-18-29)26-44-23-21-32(22-24-44)45-36-14-8-7-13-34(36)43-40(45)47/h1-20,25,32H,21-24,26H2,(H,43,47). The Bertz CT molecular complexity index is 2270. The van der Waals surface area contributed by atoms with E-state index in [4.69, 9.17) is 9.97 Å². The number of likely N-dealkylation sites (tertiary alicyclic amines) is 1. The molecule has 1 saturated heterocycles. The number of H-pyrrole nitrogens is 1. The van der Waals surface area contributed by atoms with Gasteiger partial charge in [-0.05, 0) is 48.7 Å². The summed E-state index contributed by atoms with van der Waals surface area (Å²) in [6.45, 7) is 2.70. The Hall–Kier alpha value is -5.66. The summed E-state index contributed by atoms with van der Waals surface area (Å²) in [5.41, 5.74) is 9.29. The van der Waals surface area contributed by atoms with E-state index in [2.05, 4.69) is 46.3 Å². The molecule has 1 aliphatic rings. The van der Waals surface area contributed by atoms with Crippen LogP contribution in [-0.4, -0.2) is 43.3 Å². The van der Waals surface area contributed by atoms with Gasteiger partial charge >= 0.3 is 5.69 Å². The van der Waals surface area contributed by atoms with Crippen molar-refractivity contribution < 1.29 is 4.79 Å². The molecule has 5 aromatic carbocycles. The van der Waals surface area contributed by atoms with E-state index >= 15 is 0 Å². The molecule has 2 aromatic heterocycles. The summed E-state index contributed by atoms with van der Waals surface area (Å²) in [4.78, 5) is 41.6. The fourth-order valence-electron chi connectivity index (χ4n) is 6.75. The number of hydrogen-bond acceptors (Lipinski definition) is 5. The highest BCUT2D eigenvalue weighted by Gasteiger charge is 2.24. The molecular weight excluding hydrogens is 582 g/mol. The number of benzene rings is 5. The second kappa shape index (κ2) is 12.3. The number of carbonyl (C=O) groups is 1. The smallest absolute Gasteiger partial charge is 0.306 e. The Morgan fingerprint density at radius 2 is 1.32 bits per heavy atom. The zero-order chi connectivity index (χ0) is 31.7. The molecule has 47 heavy (non-hydrogen) atoms. The summed E-state index contributed by atoms with van der Waals surface area (Å²) in [6.07, 6.45) is 1.86. The Morgan fingerprint density at radius 3 is 2.06 bits per heavy atom. The first-order valence-electron chi connectivity index (χ1n) is 16.1. The summed E-state index contributed by atoms with van der Waals surface area (Å²) in [7, 11) is 0. The molecule has 7 aromatic rings. The van der Waals surface area contributed by atoms with Gasteiger partial charge in [-0.1, -0.05) is 97.1 Å². The summed E-state index contributed by atoms with van der Waals surface area (Å²) < 4.78 is 1.94. The molecule has 0 atom stereocenters. The van der Waals surface area contributed by atoms with E-state index in [0.29, 0.717) is 16.6 Å². The molecule has 230 valence electrons. The van der Waals surface area contributed by atoms with Gasteiger partial charge in [0.2, 0.25) is 0 Å². The minimum Gasteiger partial charge on any atom is -0.306 e. The van der Waals surface area contributed by atoms with Crippen molar-refractivity contribution in [3.63, 3.8) is 0 Å². The number of rotatable bonds is 7. The summed E-state index contributed by atoms with van der Waals surface area (Å²) in [5, 5.41) is 0. The minimum absolute atomic E-state index is 0.0223. The molecule has 7 heteroatoms. The van der Waals surface area contributed by atoms with Crippen molar-refractivity contribution in [3.8, 4) is 22.5 Å². The van der Waals surface area contributed by atoms with Gasteiger partial charge in [-0.2, -0.15) is 0 Å². The van der Waals surface area contributed by atoms with Gasteiger partial charge in [0.25, 0.3) is 0 Å². The van der Waals surface area contributed by atoms with Gasteiger partial charge in [-0.3, -0.25) is 14.3 Å². The first-order valence-corrected chi connectivity index (χ1v) is 16.1. The molecule has 0 amide bonds. The van der Waals surface area contributed by atoms with Crippen molar-refractivity contribution in [1.82, 2.24) is 24.4 Å². The van der Waals surface area contributed by atoms with E-state index in [0.717, 1.165) is 71.5 Å². The van der Waals surface area contributed by atoms with Crippen LogP contribution in [0.1, 0.15) is 40.4 Å². The van der Waals surface area contributed by atoms with Crippen LogP contribution >= 0.6 is 0 Å². The SMILES string of the molecule is O=C(c1ccccc1)c1ccc2nc(-c3ccccc3)c(-c3ccc(CN4CCC(n5c(=O)[nH]c6ccccc65)CC4)cc3)nc2c1. The van der Waals surface area contributed by atoms with Gasteiger partial charge < -0.3 is 4.98 Å². The van der Waals surface area contributed by atoms with Crippen LogP contribution in [0.2, 0.25) is 0 Å². The van der Waals surface area contributed by atoms with Crippen LogP contribution in [0.15, 0.2) is 132 Å². The van der Waals surface area contributed by atoms with Crippen LogP contribution < -0.4 is 5.69 Å². The van der Waals surface area contributed by atoms with Crippen LogP contribution in [0, 0.1) is 0 Å². The van der Waals surface area contributed by atoms with Gasteiger partial charge in [0.15, 0.2) is 5.78 Å². The summed E-state index contributed by atoms with van der Waals surface area (Å²) in [6, 6.07) is 41.7. The van der Waals surface area contributed by atoms with Crippen LogP contribution in [0.25, 0.3) is 44.6 Å². The Labute approximate surface area is 272 Å². The summed E-state index contributed by atoms with van der Waals surface area (Å²) in [5.74, 6) is -0.0371. The molecular formula is C40H33N5O2. The number of hydrogen-bond donors (Lipinski definition) is 1. The molecule has 1 fully saturated rings. The molecule has 0 saturated carbocycles. The number of ketones is 1. The van der Waals surface area contributed by atoms with Crippen molar-refractivity contribution >= 4 is 27.9 Å². The second-order valence-corrected chi connectivity index (χ2v) is 12.2. The number of piperidine rings is 1. The number of nitrogens with one attached hydrogen (secondary N) is 1. The maximum absolute atomic E-state index is 13.2. The van der Waals surface area contributed by atoms with Gasteiger partial charge in [0.05, 0.1) is 33.5 Å². The lowest BCUT2D eigenvalue weighted by molar-refractivity contribution is 0.103. The fourth-order valence-corrected chi connectivity index (χ4v) is 6.75. The number of nitrogens with zero attached hydrogens (tertiary/aromatic N) is 4. The van der Waals surface area contributed by atoms with Crippen molar-refractivity contribution in [2.75, 3.05) is 13.1 Å². The molecule has 3 heterocycles. The topological polar surface area (TPSA) is 83.9 Å². The number of carbonyl (C=O) groups excluding carboxylic acids is 1. The van der Waals surface area contributed by atoms with Crippen molar-refractivity contribution in [1.29, 1.82) is 0 Å². The molecule has 0 aliphatic carbocycles. The van der Waals surface area contributed by atoms with E-state index in [9.17, 15) is 9.59 Å². The molecule has 7 nitrogen and oxygen atoms in total. The van der Waals surface area contributed by atoms with Crippen molar-refractivity contribution in [2.45, 2.75) is 25.4 Å². The third-order valence-electron chi connectivity index (χ3n) is 9.19. The first kappa shape index (κ1) is 28.8. The average molecular weight is 616 g/mol. The fraction of sp³-hybridized carbons (Fsp3) is 0.150. The quantitative estimate of drug-likeness (QED) is 0.186. The van der Waals surface area contributed by atoms with E-state index in [1.54, 1.807) is 0 Å². The van der Waals surface area contributed by atoms with Gasteiger partial charge in [-0.25, -0.2) is 14.8 Å². The largest absolute Gasteiger partial charge is 0.326 e. The molecule has 8 rings (SSSR count). The predicted molar refractivity (Wildman–Crippen MR) is 186 cm³/mol. The molecule has 1 aliphatic heterocycles. The highest BCUT2D eigenvalue weighted by molar-refractivity contribution is 6.10. The number of aromatic amines is 1. The molecule has 0 spiro atoms. The highest BCUT2D eigenvalue weighted by Crippen LogP contribution is 2.32. The average Bonchev–Trinajstić information content (AvgIpc) is 3.47. The maximum Gasteiger partial charge on any atom is 0.326 e. The van der Waals surface area contributed by atoms with Crippen molar-refractivity contribution in [3.05, 3.63) is 155 Å². The Morgan fingerprint density at radius 1 is 0.681 bits per heavy atom. The summed E-state index contributed by atoms with van der Waals surface area (Å²) >= 11 is 0. The highest BCUT2D eigenvalue weighted by atomic mass is 16.1. The molecule has 1 N–H and O–H groups in total. The first-order chi connectivity index (χ1) is 23.1. The lowest BCUT2D eigenvalue weighted by Gasteiger charge is -2.32. The Kier molecular flexibility index (Phi) is 7.51. The molecule has 0 bridgehead atoms. The van der Waals surface area contributed by atoms with Gasteiger partial charge in [-0.15, -0.1) is 0 Å². The third-order valence-corrected chi connectivity index (χ3v) is 9.19. The predicted octanol–water partition coefficient (Wildman–Crippen LogP) is 7.67. The van der Waals surface area contributed by atoms with Gasteiger partial charge in [0, 0.05) is 47.9 Å². The van der Waals surface area contributed by atoms with Crippen LogP contribution in [0.4, 0.5) is 0 Å². The monoisotopic (exact) mass is 615 g/mol. The van der Waals surface area contributed by atoms with Crippen molar-refractivity contribution in [2.24, 2.45) is 0 Å². The van der Waals surface area contributed by atoms with E-state index in [-0.39, 0.29) is 17.5 Å². The molecule has 0 radical (unpaired) electrons. The lowest BCUT2D eigenvalue weighted by atomic mass is 10.00. The van der Waals surface area contributed by atoms with Crippen LogP contribution in [0.3, 0.4) is 0 Å². The maximum atomic E-state index is 13.2. The minimum atomic E-state index is -0.0371. The third kappa shape index (κ3) is 5.66. The zero-order valence-corrected chi connectivity index (χ0v) is 25.8. The number of fused-ring (bicyclic) bond motifs is 2. The normalized spacial score (nSPS) is 14.1. The second-order valence-electron chi connectivity index (χ2n) is 12.2. The van der Waals surface area contributed by atoms with E-state index < -0.39 is 0 Å². The van der Waals surface area contributed by atoms with Crippen LogP contribution in [-0.2, 0) is 6.54 Å². The van der Waals surface area contributed by atoms with Gasteiger partial charge in [0.1, 0.15) is 0 Å². The number of para-hydroxylation sites is 2. The molecule has 0 unspecified atom stereocenters. The number of aromatic nitrogens is 4. The van der Waals surface area contributed by atoms with E-state index in [1.807, 2.05) is 95.6 Å². The zero-order valence-electron chi connectivity index (χ0n) is 25.8. The lowest BCUT2D eigenvalue weighted by Crippen LogP contribution is -2.36.